The number of nitrogens with zero attached hydrogens (tertiary/aromatic N) is 2. The first kappa shape index (κ1) is 18.3. The Morgan fingerprint density at radius 3 is 1.52 bits per heavy atom. The van der Waals surface area contributed by atoms with E-state index in [1.807, 2.05) is 0 Å². The summed E-state index contributed by atoms with van der Waals surface area (Å²) >= 11 is 0. The monoisotopic (exact) mass is 422 g/mol. The third-order valence-electron chi connectivity index (χ3n) is 6.74. The highest BCUT2D eigenvalue weighted by Gasteiger charge is 2.18. The molecule has 0 aliphatic carbocycles. The zero-order valence-electron chi connectivity index (χ0n) is 18.4. The van der Waals surface area contributed by atoms with E-state index >= 15 is 0 Å². The SMILES string of the molecule is Cc1cccc(-n2c3ccccc3c3cc4c(cc32)c2ccccc2n4-c2ccccc2)c1. The first-order valence-corrected chi connectivity index (χ1v) is 11.4. The van der Waals surface area contributed by atoms with E-state index in [-0.39, 0.29) is 0 Å². The first-order chi connectivity index (χ1) is 16.3. The Morgan fingerprint density at radius 1 is 0.394 bits per heavy atom. The van der Waals surface area contributed by atoms with Crippen molar-refractivity contribution in [2.45, 2.75) is 6.92 Å². The number of aryl methyl sites for hydroxylation is 1. The zero-order valence-corrected chi connectivity index (χ0v) is 18.4. The molecule has 0 bridgehead atoms. The molecule has 0 unspecified atom stereocenters. The van der Waals surface area contributed by atoms with E-state index in [9.17, 15) is 0 Å². The van der Waals surface area contributed by atoms with Crippen LogP contribution in [-0.2, 0) is 0 Å². The summed E-state index contributed by atoms with van der Waals surface area (Å²) in [7, 11) is 0. The molecular weight excluding hydrogens is 400 g/mol. The molecule has 5 aromatic carbocycles. The van der Waals surface area contributed by atoms with Crippen LogP contribution in [0, 0.1) is 6.92 Å². The Bertz CT molecular complexity index is 1820. The molecule has 0 amide bonds. The molecule has 2 heterocycles. The summed E-state index contributed by atoms with van der Waals surface area (Å²) in [5.41, 5.74) is 8.60. The van der Waals surface area contributed by atoms with Crippen molar-refractivity contribution < 1.29 is 0 Å². The van der Waals surface area contributed by atoms with Crippen LogP contribution in [0.1, 0.15) is 5.56 Å². The third kappa shape index (κ3) is 2.61. The maximum absolute atomic E-state index is 2.41. The van der Waals surface area contributed by atoms with Gasteiger partial charge in [-0.25, -0.2) is 0 Å². The lowest BCUT2D eigenvalue weighted by Gasteiger charge is -2.09. The van der Waals surface area contributed by atoms with E-state index < -0.39 is 0 Å². The van der Waals surface area contributed by atoms with Crippen molar-refractivity contribution in [2.75, 3.05) is 0 Å². The molecule has 2 aromatic heterocycles. The van der Waals surface area contributed by atoms with E-state index in [0.29, 0.717) is 0 Å². The number of hydrogen-bond donors (Lipinski definition) is 0. The minimum Gasteiger partial charge on any atom is -0.309 e. The lowest BCUT2D eigenvalue weighted by Crippen LogP contribution is -1.94. The van der Waals surface area contributed by atoms with Gasteiger partial charge in [-0.05, 0) is 61.0 Å². The van der Waals surface area contributed by atoms with Crippen LogP contribution in [-0.4, -0.2) is 9.13 Å². The standard InChI is InChI=1S/C31H22N2/c1-21-10-9-13-23(18-21)33-29-17-8-6-15-25(29)27-19-30-26(20-31(27)33)24-14-5-7-16-28(24)32(30)22-11-3-2-4-12-22/h2-20H,1H3. The number of hydrogen-bond acceptors (Lipinski definition) is 0. The van der Waals surface area contributed by atoms with Crippen LogP contribution in [0.15, 0.2) is 115 Å². The second-order valence-corrected chi connectivity index (χ2v) is 8.77. The van der Waals surface area contributed by atoms with Gasteiger partial charge < -0.3 is 9.13 Å². The van der Waals surface area contributed by atoms with E-state index in [1.54, 1.807) is 0 Å². The summed E-state index contributed by atoms with van der Waals surface area (Å²) in [6.45, 7) is 2.16. The molecule has 7 rings (SSSR count). The van der Waals surface area contributed by atoms with Crippen molar-refractivity contribution in [1.29, 1.82) is 0 Å². The summed E-state index contributed by atoms with van der Waals surface area (Å²) in [6.07, 6.45) is 0. The normalized spacial score (nSPS) is 11.8. The number of rotatable bonds is 2. The van der Waals surface area contributed by atoms with Gasteiger partial charge in [0.05, 0.1) is 22.1 Å². The van der Waals surface area contributed by atoms with Crippen LogP contribution in [0.25, 0.3) is 55.0 Å². The van der Waals surface area contributed by atoms with Gasteiger partial charge in [-0.3, -0.25) is 0 Å². The quantitative estimate of drug-likeness (QED) is 0.266. The highest BCUT2D eigenvalue weighted by Crippen LogP contribution is 2.39. The smallest absolute Gasteiger partial charge is 0.0548 e. The summed E-state index contributed by atoms with van der Waals surface area (Å²) in [4.78, 5) is 0. The van der Waals surface area contributed by atoms with Crippen LogP contribution >= 0.6 is 0 Å². The average molecular weight is 423 g/mol. The Morgan fingerprint density at radius 2 is 0.909 bits per heavy atom. The first-order valence-electron chi connectivity index (χ1n) is 11.4. The van der Waals surface area contributed by atoms with E-state index in [4.69, 9.17) is 0 Å². The molecule has 0 fully saturated rings. The maximum Gasteiger partial charge on any atom is 0.0548 e. The molecule has 0 aliphatic rings. The molecule has 0 N–H and O–H groups in total. The van der Waals surface area contributed by atoms with Crippen molar-refractivity contribution in [3.8, 4) is 11.4 Å². The van der Waals surface area contributed by atoms with Crippen LogP contribution < -0.4 is 0 Å². The van der Waals surface area contributed by atoms with Gasteiger partial charge in [0, 0.05) is 32.9 Å². The van der Waals surface area contributed by atoms with Gasteiger partial charge in [-0.15, -0.1) is 0 Å². The van der Waals surface area contributed by atoms with E-state index in [1.165, 1.54) is 60.5 Å². The molecule has 7 aromatic rings. The number of benzene rings is 5. The third-order valence-corrected chi connectivity index (χ3v) is 6.74. The average Bonchev–Trinajstić information content (AvgIpc) is 3.35. The molecular formula is C31H22N2. The summed E-state index contributed by atoms with van der Waals surface area (Å²) in [5.74, 6) is 0. The highest BCUT2D eigenvalue weighted by molar-refractivity contribution is 6.18. The summed E-state index contributed by atoms with van der Waals surface area (Å²) in [5, 5.41) is 5.11. The number of aromatic nitrogens is 2. The van der Waals surface area contributed by atoms with Gasteiger partial charge >= 0.3 is 0 Å². The largest absolute Gasteiger partial charge is 0.309 e. The van der Waals surface area contributed by atoms with Gasteiger partial charge in [0.1, 0.15) is 0 Å². The number of para-hydroxylation sites is 3. The molecule has 0 saturated carbocycles. The van der Waals surface area contributed by atoms with Crippen LogP contribution in [0.5, 0.6) is 0 Å². The second kappa shape index (κ2) is 6.85. The lowest BCUT2D eigenvalue weighted by molar-refractivity contribution is 1.17. The molecule has 2 nitrogen and oxygen atoms in total. The Balaban J connectivity index is 1.69. The van der Waals surface area contributed by atoms with Gasteiger partial charge in [0.15, 0.2) is 0 Å². The Labute approximate surface area is 191 Å². The summed E-state index contributed by atoms with van der Waals surface area (Å²) in [6, 6.07) is 41.7. The van der Waals surface area contributed by atoms with Crippen LogP contribution in [0.4, 0.5) is 0 Å². The van der Waals surface area contributed by atoms with Crippen molar-refractivity contribution in [3.63, 3.8) is 0 Å². The van der Waals surface area contributed by atoms with Gasteiger partial charge in [0.2, 0.25) is 0 Å². The Kier molecular flexibility index (Phi) is 3.80. The maximum atomic E-state index is 2.41. The molecule has 0 atom stereocenters. The molecule has 156 valence electrons. The molecule has 0 aliphatic heterocycles. The van der Waals surface area contributed by atoms with Crippen molar-refractivity contribution in [1.82, 2.24) is 9.13 Å². The predicted octanol–water partition coefficient (Wildman–Crippen LogP) is 8.19. The van der Waals surface area contributed by atoms with Gasteiger partial charge in [-0.1, -0.05) is 66.7 Å². The fraction of sp³-hybridized carbons (Fsp3) is 0.0323. The van der Waals surface area contributed by atoms with E-state index in [0.717, 1.165) is 0 Å². The molecule has 0 saturated heterocycles. The van der Waals surface area contributed by atoms with Crippen LogP contribution in [0.3, 0.4) is 0 Å². The molecule has 33 heavy (non-hydrogen) atoms. The molecule has 0 radical (unpaired) electrons. The lowest BCUT2D eigenvalue weighted by atomic mass is 10.1. The topological polar surface area (TPSA) is 9.86 Å². The zero-order chi connectivity index (χ0) is 21.9. The van der Waals surface area contributed by atoms with Gasteiger partial charge in [0.25, 0.3) is 0 Å². The predicted molar refractivity (Wildman–Crippen MR) is 140 cm³/mol. The highest BCUT2D eigenvalue weighted by atomic mass is 15.0. The minimum absolute atomic E-state index is 1.19. The van der Waals surface area contributed by atoms with Crippen molar-refractivity contribution in [3.05, 3.63) is 121 Å². The fourth-order valence-corrected chi connectivity index (χ4v) is 5.33. The summed E-state index contributed by atoms with van der Waals surface area (Å²) < 4.78 is 4.80. The van der Waals surface area contributed by atoms with Gasteiger partial charge in [-0.2, -0.15) is 0 Å². The fourth-order valence-electron chi connectivity index (χ4n) is 5.33. The second-order valence-electron chi connectivity index (χ2n) is 8.77. The molecule has 2 heteroatoms. The van der Waals surface area contributed by atoms with Crippen molar-refractivity contribution >= 4 is 43.6 Å². The van der Waals surface area contributed by atoms with Crippen LogP contribution in [0.2, 0.25) is 0 Å². The minimum atomic E-state index is 1.19. The molecule has 0 spiro atoms. The van der Waals surface area contributed by atoms with Crippen molar-refractivity contribution in [2.24, 2.45) is 0 Å². The number of fused-ring (bicyclic) bond motifs is 6. The van der Waals surface area contributed by atoms with E-state index in [2.05, 4.69) is 131 Å². The Hall–Kier alpha value is -4.30.